The smallest absolute Gasteiger partial charge is 0.409 e. The Morgan fingerprint density at radius 1 is 1.09 bits per heavy atom. The van der Waals surface area contributed by atoms with Gasteiger partial charge in [0.15, 0.2) is 0 Å². The lowest BCUT2D eigenvalue weighted by Crippen LogP contribution is -2.49. The van der Waals surface area contributed by atoms with Crippen molar-refractivity contribution in [2.45, 2.75) is 19.8 Å². The van der Waals surface area contributed by atoms with Gasteiger partial charge in [-0.2, -0.15) is 0 Å². The first kappa shape index (κ1) is 16.2. The molecular formula is C17H24ClN3O2. The average Bonchev–Trinajstić information content (AvgIpc) is 3.10. The number of rotatable bonds is 3. The number of hydrogen-bond acceptors (Lipinski definition) is 4. The van der Waals surface area contributed by atoms with Crippen molar-refractivity contribution >= 4 is 29.1 Å². The summed E-state index contributed by atoms with van der Waals surface area (Å²) in [6.45, 7) is 7.38. The van der Waals surface area contributed by atoms with Crippen LogP contribution in [0.2, 0.25) is 5.02 Å². The highest BCUT2D eigenvalue weighted by Gasteiger charge is 2.23. The Bertz CT molecular complexity index is 553. The van der Waals surface area contributed by atoms with Gasteiger partial charge in [0, 0.05) is 45.0 Å². The monoisotopic (exact) mass is 337 g/mol. The van der Waals surface area contributed by atoms with Gasteiger partial charge in [-0.25, -0.2) is 4.79 Å². The van der Waals surface area contributed by atoms with E-state index in [9.17, 15) is 4.79 Å². The van der Waals surface area contributed by atoms with Crippen LogP contribution in [0.25, 0.3) is 0 Å². The number of benzene rings is 1. The molecule has 6 heteroatoms. The molecule has 0 spiro atoms. The van der Waals surface area contributed by atoms with Crippen LogP contribution in [-0.4, -0.2) is 56.9 Å². The van der Waals surface area contributed by atoms with E-state index in [1.807, 2.05) is 6.92 Å². The van der Waals surface area contributed by atoms with Crippen LogP contribution in [0.15, 0.2) is 18.2 Å². The SMILES string of the molecule is CCOC(=O)N1CCN(c2ccc(N3CCCC3)cc2Cl)CC1. The molecule has 0 aromatic heterocycles. The first-order valence-corrected chi connectivity index (χ1v) is 8.78. The number of anilines is 2. The zero-order valence-corrected chi connectivity index (χ0v) is 14.4. The number of piperazine rings is 1. The molecule has 5 nitrogen and oxygen atoms in total. The molecule has 0 atom stereocenters. The third kappa shape index (κ3) is 3.66. The fourth-order valence-corrected chi connectivity index (χ4v) is 3.56. The molecule has 0 aliphatic carbocycles. The van der Waals surface area contributed by atoms with Gasteiger partial charge in [-0.05, 0) is 38.0 Å². The molecule has 2 aliphatic rings. The largest absolute Gasteiger partial charge is 0.450 e. The summed E-state index contributed by atoms with van der Waals surface area (Å²) in [6.07, 6.45) is 2.30. The maximum Gasteiger partial charge on any atom is 0.409 e. The molecule has 3 rings (SSSR count). The first-order chi connectivity index (χ1) is 11.2. The predicted octanol–water partition coefficient (Wildman–Crippen LogP) is 3.22. The van der Waals surface area contributed by atoms with E-state index in [1.165, 1.54) is 18.5 Å². The fourth-order valence-electron chi connectivity index (χ4n) is 3.27. The second kappa shape index (κ2) is 7.30. The number of amides is 1. The average molecular weight is 338 g/mol. The van der Waals surface area contributed by atoms with Crippen molar-refractivity contribution in [2.75, 3.05) is 55.7 Å². The molecule has 1 aromatic carbocycles. The highest BCUT2D eigenvalue weighted by molar-refractivity contribution is 6.33. The van der Waals surface area contributed by atoms with E-state index >= 15 is 0 Å². The van der Waals surface area contributed by atoms with Gasteiger partial charge in [0.1, 0.15) is 0 Å². The molecule has 1 amide bonds. The minimum Gasteiger partial charge on any atom is -0.450 e. The Hall–Kier alpha value is -1.62. The van der Waals surface area contributed by atoms with Gasteiger partial charge in [0.25, 0.3) is 0 Å². The van der Waals surface area contributed by atoms with Crippen LogP contribution >= 0.6 is 11.6 Å². The van der Waals surface area contributed by atoms with Crippen molar-refractivity contribution in [1.29, 1.82) is 0 Å². The van der Waals surface area contributed by atoms with E-state index in [-0.39, 0.29) is 6.09 Å². The van der Waals surface area contributed by atoms with Crippen LogP contribution in [0.1, 0.15) is 19.8 Å². The predicted molar refractivity (Wildman–Crippen MR) is 93.7 cm³/mol. The molecule has 2 fully saturated rings. The van der Waals surface area contributed by atoms with E-state index in [0.29, 0.717) is 19.7 Å². The third-order valence-electron chi connectivity index (χ3n) is 4.55. The number of carbonyl (C=O) groups excluding carboxylic acids is 1. The van der Waals surface area contributed by atoms with Gasteiger partial charge < -0.3 is 19.4 Å². The molecule has 0 saturated carbocycles. The second-order valence-corrected chi connectivity index (χ2v) is 6.41. The third-order valence-corrected chi connectivity index (χ3v) is 4.85. The number of halogens is 1. The summed E-state index contributed by atoms with van der Waals surface area (Å²) < 4.78 is 5.06. The lowest BCUT2D eigenvalue weighted by atomic mass is 10.2. The van der Waals surface area contributed by atoms with Crippen LogP contribution in [0.4, 0.5) is 16.2 Å². The normalized spacial score (nSPS) is 18.4. The Morgan fingerprint density at radius 3 is 2.39 bits per heavy atom. The fraction of sp³-hybridized carbons (Fsp3) is 0.588. The van der Waals surface area contributed by atoms with Crippen molar-refractivity contribution in [2.24, 2.45) is 0 Å². The van der Waals surface area contributed by atoms with Crippen LogP contribution in [0.5, 0.6) is 0 Å². The van der Waals surface area contributed by atoms with E-state index in [1.54, 1.807) is 4.90 Å². The number of hydrogen-bond donors (Lipinski definition) is 0. The van der Waals surface area contributed by atoms with E-state index < -0.39 is 0 Å². The van der Waals surface area contributed by atoms with Gasteiger partial charge in [-0.3, -0.25) is 0 Å². The van der Waals surface area contributed by atoms with Crippen LogP contribution in [0.3, 0.4) is 0 Å². The zero-order chi connectivity index (χ0) is 16.2. The lowest BCUT2D eigenvalue weighted by molar-refractivity contribution is 0.105. The standard InChI is InChI=1S/C17H24ClN3O2/c1-2-23-17(22)21-11-9-20(10-12-21)16-6-5-14(13-15(16)18)19-7-3-4-8-19/h5-6,13H,2-4,7-12H2,1H3. The minimum atomic E-state index is -0.220. The first-order valence-electron chi connectivity index (χ1n) is 8.40. The Balaban J connectivity index is 1.63. The molecule has 0 unspecified atom stereocenters. The Kier molecular flexibility index (Phi) is 5.16. The van der Waals surface area contributed by atoms with Crippen molar-refractivity contribution in [1.82, 2.24) is 4.90 Å². The van der Waals surface area contributed by atoms with E-state index in [0.717, 1.165) is 36.9 Å². The van der Waals surface area contributed by atoms with Gasteiger partial charge in [-0.15, -0.1) is 0 Å². The molecule has 1 aromatic rings. The molecule has 126 valence electrons. The molecular weight excluding hydrogens is 314 g/mol. The van der Waals surface area contributed by atoms with Crippen molar-refractivity contribution in [3.63, 3.8) is 0 Å². The molecule has 23 heavy (non-hydrogen) atoms. The molecule has 0 bridgehead atoms. The number of carbonyl (C=O) groups is 1. The van der Waals surface area contributed by atoms with Crippen LogP contribution in [0, 0.1) is 0 Å². The summed E-state index contributed by atoms with van der Waals surface area (Å²) in [5, 5.41) is 0.791. The molecule has 2 heterocycles. The Morgan fingerprint density at radius 2 is 1.78 bits per heavy atom. The van der Waals surface area contributed by atoms with Crippen LogP contribution in [-0.2, 0) is 4.74 Å². The van der Waals surface area contributed by atoms with Gasteiger partial charge in [0.05, 0.1) is 17.3 Å². The number of nitrogens with zero attached hydrogens (tertiary/aromatic N) is 3. The van der Waals surface area contributed by atoms with E-state index in [4.69, 9.17) is 16.3 Å². The van der Waals surface area contributed by atoms with Gasteiger partial charge in [0.2, 0.25) is 0 Å². The van der Waals surface area contributed by atoms with Crippen molar-refractivity contribution in [3.8, 4) is 0 Å². The maximum absolute atomic E-state index is 11.8. The highest BCUT2D eigenvalue weighted by atomic mass is 35.5. The van der Waals surface area contributed by atoms with Gasteiger partial charge in [-0.1, -0.05) is 11.6 Å². The molecule has 2 saturated heterocycles. The van der Waals surface area contributed by atoms with Crippen LogP contribution < -0.4 is 9.80 Å². The van der Waals surface area contributed by atoms with E-state index in [2.05, 4.69) is 28.0 Å². The van der Waals surface area contributed by atoms with Crippen molar-refractivity contribution < 1.29 is 9.53 Å². The molecule has 0 radical (unpaired) electrons. The quantitative estimate of drug-likeness (QED) is 0.848. The molecule has 2 aliphatic heterocycles. The van der Waals surface area contributed by atoms with Gasteiger partial charge >= 0.3 is 6.09 Å². The van der Waals surface area contributed by atoms with Crippen molar-refractivity contribution in [3.05, 3.63) is 23.2 Å². The molecule has 0 N–H and O–H groups in total. The summed E-state index contributed by atoms with van der Waals surface area (Å²) in [5.74, 6) is 0. The summed E-state index contributed by atoms with van der Waals surface area (Å²) in [7, 11) is 0. The highest BCUT2D eigenvalue weighted by Crippen LogP contribution is 2.32. The maximum atomic E-state index is 11.8. The summed E-state index contributed by atoms with van der Waals surface area (Å²) in [4.78, 5) is 18.1. The summed E-state index contributed by atoms with van der Waals surface area (Å²) in [5.41, 5.74) is 2.26. The second-order valence-electron chi connectivity index (χ2n) is 6.00. The topological polar surface area (TPSA) is 36.0 Å². The number of ether oxygens (including phenoxy) is 1. The minimum absolute atomic E-state index is 0.220. The lowest BCUT2D eigenvalue weighted by Gasteiger charge is -2.36. The summed E-state index contributed by atoms with van der Waals surface area (Å²) in [6, 6.07) is 6.33. The Labute approximate surface area is 142 Å². The summed E-state index contributed by atoms with van der Waals surface area (Å²) >= 11 is 6.52. The zero-order valence-electron chi connectivity index (χ0n) is 13.6.